The van der Waals surface area contributed by atoms with Crippen LogP contribution in [-0.2, 0) is 26.6 Å². The summed E-state index contributed by atoms with van der Waals surface area (Å²) < 4.78 is 17.4. The lowest BCUT2D eigenvalue weighted by Gasteiger charge is -2.32. The van der Waals surface area contributed by atoms with E-state index in [9.17, 15) is 4.79 Å². The Morgan fingerprint density at radius 3 is 2.48 bits per heavy atom. The summed E-state index contributed by atoms with van der Waals surface area (Å²) in [6.45, 7) is 0.765. The van der Waals surface area contributed by atoms with Crippen molar-refractivity contribution in [3.8, 4) is 11.5 Å². The molecule has 2 aliphatic rings. The van der Waals surface area contributed by atoms with E-state index in [2.05, 4.69) is 10.2 Å². The number of hydrogen-bond donors (Lipinski definition) is 0. The number of amides is 1. The van der Waals surface area contributed by atoms with Crippen LogP contribution >= 0.6 is 23.2 Å². The fourth-order valence-corrected chi connectivity index (χ4v) is 4.14. The van der Waals surface area contributed by atoms with E-state index in [1.807, 2.05) is 30.3 Å². The third-order valence-corrected chi connectivity index (χ3v) is 5.50. The molecule has 1 saturated heterocycles. The second kappa shape index (κ2) is 7.11. The van der Waals surface area contributed by atoms with E-state index < -0.39 is 11.7 Å². The highest BCUT2D eigenvalue weighted by Crippen LogP contribution is 2.51. The zero-order valence-corrected chi connectivity index (χ0v) is 16.6. The van der Waals surface area contributed by atoms with Gasteiger partial charge < -0.3 is 13.9 Å². The largest absolute Gasteiger partial charge is 0.419 e. The number of hydrogen-bond acceptors (Lipinski definition) is 6. The van der Waals surface area contributed by atoms with Gasteiger partial charge in [-0.1, -0.05) is 41.4 Å². The van der Waals surface area contributed by atoms with Gasteiger partial charge in [-0.15, -0.1) is 10.2 Å². The Morgan fingerprint density at radius 2 is 1.72 bits per heavy atom. The zero-order chi connectivity index (χ0) is 20.0. The molecule has 3 heterocycles. The SMILES string of the molecule is O=C1N(Cc2nnc(-c3ccccc3)o2)c2c(Cl)ccc(Cl)c2C12OCCCO2. The Hall–Kier alpha value is -2.45. The first-order valence-electron chi connectivity index (χ1n) is 9.06. The average molecular weight is 432 g/mol. The fourth-order valence-electron chi connectivity index (χ4n) is 3.61. The van der Waals surface area contributed by atoms with E-state index in [0.717, 1.165) is 5.56 Å². The molecule has 0 radical (unpaired) electrons. The van der Waals surface area contributed by atoms with Crippen molar-refractivity contribution in [1.82, 2.24) is 10.2 Å². The molecule has 7 nitrogen and oxygen atoms in total. The molecule has 3 aromatic rings. The number of anilines is 1. The Morgan fingerprint density at radius 1 is 1.00 bits per heavy atom. The summed E-state index contributed by atoms with van der Waals surface area (Å²) in [5.41, 5.74) is 1.64. The van der Waals surface area contributed by atoms with Crippen LogP contribution < -0.4 is 4.90 Å². The van der Waals surface area contributed by atoms with Crippen molar-refractivity contribution in [3.05, 3.63) is 64.0 Å². The van der Waals surface area contributed by atoms with E-state index in [1.165, 1.54) is 4.90 Å². The predicted octanol–water partition coefficient (Wildman–Crippen LogP) is 4.18. The number of carbonyl (C=O) groups is 1. The van der Waals surface area contributed by atoms with Gasteiger partial charge in [0.25, 0.3) is 11.7 Å². The molecule has 1 amide bonds. The second-order valence-corrected chi connectivity index (χ2v) is 7.49. The van der Waals surface area contributed by atoms with E-state index in [0.29, 0.717) is 46.8 Å². The van der Waals surface area contributed by atoms with E-state index >= 15 is 0 Å². The number of fused-ring (bicyclic) bond motifs is 2. The zero-order valence-electron chi connectivity index (χ0n) is 15.1. The highest BCUT2D eigenvalue weighted by molar-refractivity contribution is 6.38. The van der Waals surface area contributed by atoms with Crippen molar-refractivity contribution in [2.75, 3.05) is 18.1 Å². The molecule has 0 N–H and O–H groups in total. The molecule has 0 unspecified atom stereocenters. The van der Waals surface area contributed by atoms with Crippen LogP contribution in [0.4, 0.5) is 5.69 Å². The Kier molecular flexibility index (Phi) is 4.55. The molecule has 2 aromatic carbocycles. The highest BCUT2D eigenvalue weighted by atomic mass is 35.5. The van der Waals surface area contributed by atoms with Crippen molar-refractivity contribution >= 4 is 34.8 Å². The minimum atomic E-state index is -1.60. The molecule has 0 aliphatic carbocycles. The highest BCUT2D eigenvalue weighted by Gasteiger charge is 2.57. The molecule has 148 valence electrons. The first kappa shape index (κ1) is 18.6. The van der Waals surface area contributed by atoms with Gasteiger partial charge in [-0.05, 0) is 30.7 Å². The van der Waals surface area contributed by atoms with Crippen molar-refractivity contribution in [3.63, 3.8) is 0 Å². The van der Waals surface area contributed by atoms with Crippen molar-refractivity contribution in [2.45, 2.75) is 18.8 Å². The number of halogens is 2. The van der Waals surface area contributed by atoms with Gasteiger partial charge in [0.05, 0.1) is 34.5 Å². The third kappa shape index (κ3) is 2.93. The summed E-state index contributed by atoms with van der Waals surface area (Å²) >= 11 is 12.9. The molecule has 0 bridgehead atoms. The predicted molar refractivity (Wildman–Crippen MR) is 106 cm³/mol. The summed E-state index contributed by atoms with van der Waals surface area (Å²) in [6.07, 6.45) is 0.687. The van der Waals surface area contributed by atoms with Gasteiger partial charge in [0.1, 0.15) is 6.54 Å². The van der Waals surface area contributed by atoms with Gasteiger partial charge in [0.2, 0.25) is 11.8 Å². The topological polar surface area (TPSA) is 77.7 Å². The van der Waals surface area contributed by atoms with Crippen LogP contribution in [0.3, 0.4) is 0 Å². The van der Waals surface area contributed by atoms with E-state index in [-0.39, 0.29) is 12.4 Å². The number of benzene rings is 2. The van der Waals surface area contributed by atoms with Gasteiger partial charge in [-0.3, -0.25) is 9.69 Å². The lowest BCUT2D eigenvalue weighted by atomic mass is 10.1. The normalized spacial score (nSPS) is 17.7. The van der Waals surface area contributed by atoms with Gasteiger partial charge >= 0.3 is 0 Å². The van der Waals surface area contributed by atoms with Crippen LogP contribution in [-0.4, -0.2) is 29.3 Å². The molecule has 29 heavy (non-hydrogen) atoms. The van der Waals surface area contributed by atoms with Crippen LogP contribution in [0.2, 0.25) is 10.0 Å². The molecule has 0 saturated carbocycles. The maximum Gasteiger partial charge on any atom is 0.293 e. The molecular formula is C20H15Cl2N3O4. The Bertz CT molecular complexity index is 1080. The first-order valence-corrected chi connectivity index (χ1v) is 9.82. The number of rotatable bonds is 3. The molecule has 5 rings (SSSR count). The van der Waals surface area contributed by atoms with Gasteiger partial charge in [-0.2, -0.15) is 0 Å². The first-order chi connectivity index (χ1) is 14.1. The second-order valence-electron chi connectivity index (χ2n) is 6.68. The van der Waals surface area contributed by atoms with Crippen LogP contribution in [0.5, 0.6) is 0 Å². The monoisotopic (exact) mass is 431 g/mol. The number of aromatic nitrogens is 2. The lowest BCUT2D eigenvalue weighted by molar-refractivity contribution is -0.256. The summed E-state index contributed by atoms with van der Waals surface area (Å²) in [4.78, 5) is 14.8. The summed E-state index contributed by atoms with van der Waals surface area (Å²) in [7, 11) is 0. The number of carbonyl (C=O) groups excluding carboxylic acids is 1. The minimum absolute atomic E-state index is 0.0141. The molecule has 1 aromatic heterocycles. The maximum atomic E-state index is 13.4. The van der Waals surface area contributed by atoms with E-state index in [4.69, 9.17) is 37.1 Å². The van der Waals surface area contributed by atoms with Crippen molar-refractivity contribution in [2.24, 2.45) is 0 Å². The van der Waals surface area contributed by atoms with Gasteiger partial charge in [-0.25, -0.2) is 0 Å². The molecule has 1 fully saturated rings. The molecular weight excluding hydrogens is 417 g/mol. The maximum absolute atomic E-state index is 13.4. The minimum Gasteiger partial charge on any atom is -0.419 e. The summed E-state index contributed by atoms with van der Waals surface area (Å²) in [6, 6.07) is 12.6. The standard InChI is InChI=1S/C20H15Cl2N3O4/c21-13-7-8-14(22)17-16(13)20(27-9-4-10-28-20)19(26)25(17)11-15-23-24-18(29-15)12-5-2-1-3-6-12/h1-3,5-8H,4,9-11H2. The van der Waals surface area contributed by atoms with Crippen molar-refractivity contribution in [1.29, 1.82) is 0 Å². The molecule has 1 spiro atoms. The summed E-state index contributed by atoms with van der Waals surface area (Å²) in [5.74, 6) is -1.39. The van der Waals surface area contributed by atoms with Crippen molar-refractivity contribution < 1.29 is 18.7 Å². The molecule has 9 heteroatoms. The van der Waals surface area contributed by atoms with Crippen LogP contribution in [0.25, 0.3) is 11.5 Å². The lowest BCUT2D eigenvalue weighted by Crippen LogP contribution is -2.47. The van der Waals surface area contributed by atoms with Crippen LogP contribution in [0.1, 0.15) is 17.9 Å². The fraction of sp³-hybridized carbons (Fsp3) is 0.250. The Balaban J connectivity index is 1.54. The van der Waals surface area contributed by atoms with E-state index in [1.54, 1.807) is 12.1 Å². The third-order valence-electron chi connectivity index (χ3n) is 4.88. The average Bonchev–Trinajstić information content (AvgIpc) is 3.31. The van der Waals surface area contributed by atoms with Gasteiger partial charge in [0, 0.05) is 5.56 Å². The molecule has 2 aliphatic heterocycles. The quantitative estimate of drug-likeness (QED) is 0.618. The summed E-state index contributed by atoms with van der Waals surface area (Å²) in [5, 5.41) is 8.86. The number of nitrogens with zero attached hydrogens (tertiary/aromatic N) is 3. The van der Waals surface area contributed by atoms with Crippen LogP contribution in [0, 0.1) is 0 Å². The number of ether oxygens (including phenoxy) is 2. The molecule has 0 atom stereocenters. The van der Waals surface area contributed by atoms with Gasteiger partial charge in [0.15, 0.2) is 0 Å². The Labute approximate surface area is 176 Å². The van der Waals surface area contributed by atoms with Crippen LogP contribution in [0.15, 0.2) is 46.9 Å². The smallest absolute Gasteiger partial charge is 0.293 e.